The number of nitrogens with zero attached hydrogens (tertiary/aromatic N) is 2. The van der Waals surface area contributed by atoms with Crippen molar-refractivity contribution in [3.8, 4) is 0 Å². The van der Waals surface area contributed by atoms with Crippen LogP contribution in [0.2, 0.25) is 0 Å². The molecule has 0 N–H and O–H groups in total. The van der Waals surface area contributed by atoms with E-state index in [1.807, 2.05) is 43.1 Å². The Balaban J connectivity index is 2.09. The molecule has 1 aromatic rings. The Labute approximate surface area is 128 Å². The van der Waals surface area contributed by atoms with Crippen molar-refractivity contribution >= 4 is 5.91 Å². The van der Waals surface area contributed by atoms with E-state index in [1.165, 1.54) is 25.9 Å². The van der Waals surface area contributed by atoms with Crippen LogP contribution >= 0.6 is 0 Å². The molecule has 0 spiro atoms. The predicted octanol–water partition coefficient (Wildman–Crippen LogP) is 3.19. The van der Waals surface area contributed by atoms with E-state index in [1.54, 1.807) is 0 Å². The minimum Gasteiger partial charge on any atom is -0.337 e. The van der Waals surface area contributed by atoms with Crippen molar-refractivity contribution in [2.75, 3.05) is 26.7 Å². The number of rotatable bonds is 5. The third kappa shape index (κ3) is 4.07. The normalized spacial score (nSPS) is 17.2. The van der Waals surface area contributed by atoms with Crippen molar-refractivity contribution in [2.45, 2.75) is 39.7 Å². The molecule has 1 fully saturated rings. The van der Waals surface area contributed by atoms with Crippen LogP contribution < -0.4 is 0 Å². The zero-order valence-electron chi connectivity index (χ0n) is 13.8. The molecule has 0 radical (unpaired) electrons. The minimum absolute atomic E-state index is 0.136. The molecule has 1 amide bonds. The maximum Gasteiger partial charge on any atom is 0.253 e. The molecule has 0 saturated carbocycles. The average Bonchev–Trinajstić information content (AvgIpc) is 2.96. The van der Waals surface area contributed by atoms with E-state index in [4.69, 9.17) is 0 Å². The number of benzene rings is 1. The summed E-state index contributed by atoms with van der Waals surface area (Å²) < 4.78 is 0. The second kappa shape index (κ2) is 7.08. The summed E-state index contributed by atoms with van der Waals surface area (Å²) in [5.74, 6) is 0.598. The zero-order chi connectivity index (χ0) is 15.4. The summed E-state index contributed by atoms with van der Waals surface area (Å²) >= 11 is 0. The molecule has 0 unspecified atom stereocenters. The molecule has 1 aliphatic rings. The largest absolute Gasteiger partial charge is 0.337 e. The first-order valence-corrected chi connectivity index (χ1v) is 8.05. The van der Waals surface area contributed by atoms with Gasteiger partial charge in [-0.1, -0.05) is 31.5 Å². The number of aryl methyl sites for hydroxylation is 1. The van der Waals surface area contributed by atoms with Gasteiger partial charge in [0.05, 0.1) is 0 Å². The lowest BCUT2D eigenvalue weighted by Gasteiger charge is -2.34. The number of carbonyl (C=O) groups excluding carboxylic acids is 1. The summed E-state index contributed by atoms with van der Waals surface area (Å²) in [6, 6.07) is 8.16. The maximum atomic E-state index is 12.7. The van der Waals surface area contributed by atoms with Gasteiger partial charge in [0.2, 0.25) is 0 Å². The predicted molar refractivity (Wildman–Crippen MR) is 87.6 cm³/mol. The van der Waals surface area contributed by atoms with Gasteiger partial charge in [-0.25, -0.2) is 0 Å². The first-order valence-electron chi connectivity index (χ1n) is 8.05. The lowest BCUT2D eigenvalue weighted by Crippen LogP contribution is -2.47. The van der Waals surface area contributed by atoms with Gasteiger partial charge in [0, 0.05) is 25.2 Å². The SMILES string of the molecule is Cc1cccc(C(=O)N(C)[C@H](CN2CCCC2)C(C)C)c1. The van der Waals surface area contributed by atoms with Crippen molar-refractivity contribution in [2.24, 2.45) is 5.92 Å². The quantitative estimate of drug-likeness (QED) is 0.831. The smallest absolute Gasteiger partial charge is 0.253 e. The Morgan fingerprint density at radius 2 is 1.95 bits per heavy atom. The maximum absolute atomic E-state index is 12.7. The van der Waals surface area contributed by atoms with Gasteiger partial charge in [0.15, 0.2) is 0 Å². The lowest BCUT2D eigenvalue weighted by molar-refractivity contribution is 0.0641. The molecule has 2 rings (SSSR count). The molecule has 3 nitrogen and oxygen atoms in total. The van der Waals surface area contributed by atoms with Crippen LogP contribution in [0.5, 0.6) is 0 Å². The van der Waals surface area contributed by atoms with Crippen LogP contribution in [-0.2, 0) is 0 Å². The molecular formula is C18H28N2O. The highest BCUT2D eigenvalue weighted by Gasteiger charge is 2.27. The van der Waals surface area contributed by atoms with E-state index in [2.05, 4.69) is 18.7 Å². The summed E-state index contributed by atoms with van der Waals surface area (Å²) in [7, 11) is 1.95. The van der Waals surface area contributed by atoms with E-state index in [0.29, 0.717) is 5.92 Å². The molecule has 0 aromatic heterocycles. The van der Waals surface area contributed by atoms with Gasteiger partial charge in [0.1, 0.15) is 0 Å². The van der Waals surface area contributed by atoms with Crippen LogP contribution in [0, 0.1) is 12.8 Å². The number of carbonyl (C=O) groups is 1. The lowest BCUT2D eigenvalue weighted by atomic mass is 10.0. The first-order chi connectivity index (χ1) is 9.99. The Kier molecular flexibility index (Phi) is 5.40. The molecule has 21 heavy (non-hydrogen) atoms. The fraction of sp³-hybridized carbons (Fsp3) is 0.611. The Morgan fingerprint density at radius 3 is 2.52 bits per heavy atom. The minimum atomic E-state index is 0.136. The third-order valence-corrected chi connectivity index (χ3v) is 4.50. The van der Waals surface area contributed by atoms with E-state index < -0.39 is 0 Å². The van der Waals surface area contributed by atoms with Crippen LogP contribution in [0.4, 0.5) is 0 Å². The summed E-state index contributed by atoms with van der Waals surface area (Å²) in [5.41, 5.74) is 1.93. The highest BCUT2D eigenvalue weighted by molar-refractivity contribution is 5.94. The van der Waals surface area contributed by atoms with Gasteiger partial charge in [-0.2, -0.15) is 0 Å². The van der Waals surface area contributed by atoms with Crippen LogP contribution in [0.25, 0.3) is 0 Å². The summed E-state index contributed by atoms with van der Waals surface area (Å²) in [4.78, 5) is 17.2. The third-order valence-electron chi connectivity index (χ3n) is 4.50. The van der Waals surface area contributed by atoms with Gasteiger partial charge < -0.3 is 9.80 Å². The molecule has 0 bridgehead atoms. The molecule has 1 aliphatic heterocycles. The van der Waals surface area contributed by atoms with E-state index in [-0.39, 0.29) is 11.9 Å². The number of likely N-dealkylation sites (N-methyl/N-ethyl adjacent to an activating group) is 1. The number of hydrogen-bond donors (Lipinski definition) is 0. The van der Waals surface area contributed by atoms with E-state index >= 15 is 0 Å². The highest BCUT2D eigenvalue weighted by Crippen LogP contribution is 2.18. The Hall–Kier alpha value is -1.35. The van der Waals surface area contributed by atoms with Crippen molar-refractivity contribution in [1.29, 1.82) is 0 Å². The Bertz CT molecular complexity index is 478. The van der Waals surface area contributed by atoms with Crippen LogP contribution in [0.3, 0.4) is 0 Å². The Morgan fingerprint density at radius 1 is 1.29 bits per heavy atom. The van der Waals surface area contributed by atoms with Crippen LogP contribution in [0.1, 0.15) is 42.6 Å². The van der Waals surface area contributed by atoms with E-state index in [9.17, 15) is 4.79 Å². The molecule has 1 saturated heterocycles. The van der Waals surface area contributed by atoms with Gasteiger partial charge in [-0.3, -0.25) is 4.79 Å². The molecule has 3 heteroatoms. The van der Waals surface area contributed by atoms with Crippen molar-refractivity contribution in [3.63, 3.8) is 0 Å². The van der Waals surface area contributed by atoms with Crippen LogP contribution in [-0.4, -0.2) is 48.4 Å². The van der Waals surface area contributed by atoms with Gasteiger partial charge in [-0.15, -0.1) is 0 Å². The van der Waals surface area contributed by atoms with Crippen molar-refractivity contribution < 1.29 is 4.79 Å². The number of likely N-dealkylation sites (tertiary alicyclic amines) is 1. The van der Waals surface area contributed by atoms with Crippen molar-refractivity contribution in [3.05, 3.63) is 35.4 Å². The van der Waals surface area contributed by atoms with E-state index in [0.717, 1.165) is 17.7 Å². The molecular weight excluding hydrogens is 260 g/mol. The topological polar surface area (TPSA) is 23.6 Å². The second-order valence-corrected chi connectivity index (χ2v) is 6.60. The second-order valence-electron chi connectivity index (χ2n) is 6.60. The van der Waals surface area contributed by atoms with Gasteiger partial charge in [-0.05, 0) is 50.9 Å². The number of hydrogen-bond acceptors (Lipinski definition) is 2. The summed E-state index contributed by atoms with van der Waals surface area (Å²) in [6.45, 7) is 9.79. The fourth-order valence-electron chi connectivity index (χ4n) is 3.14. The van der Waals surface area contributed by atoms with Gasteiger partial charge >= 0.3 is 0 Å². The molecule has 1 heterocycles. The molecule has 1 atom stereocenters. The summed E-state index contributed by atoms with van der Waals surface area (Å²) in [6.07, 6.45) is 2.58. The summed E-state index contributed by atoms with van der Waals surface area (Å²) in [5, 5.41) is 0. The van der Waals surface area contributed by atoms with Crippen LogP contribution in [0.15, 0.2) is 24.3 Å². The van der Waals surface area contributed by atoms with Gasteiger partial charge in [0.25, 0.3) is 5.91 Å². The standard InChI is InChI=1S/C18H28N2O/c1-14(2)17(13-20-10-5-6-11-20)19(4)18(21)16-9-7-8-15(3)12-16/h7-9,12,14,17H,5-6,10-11,13H2,1-4H3/t17-/m1/s1. The zero-order valence-corrected chi connectivity index (χ0v) is 13.8. The first kappa shape index (κ1) is 16.0. The number of amides is 1. The highest BCUT2D eigenvalue weighted by atomic mass is 16.2. The molecule has 0 aliphatic carbocycles. The average molecular weight is 288 g/mol. The van der Waals surface area contributed by atoms with Crippen molar-refractivity contribution in [1.82, 2.24) is 9.80 Å². The molecule has 116 valence electrons. The monoisotopic (exact) mass is 288 g/mol. The fourth-order valence-corrected chi connectivity index (χ4v) is 3.14. The molecule has 1 aromatic carbocycles.